The van der Waals surface area contributed by atoms with Gasteiger partial charge in [-0.15, -0.1) is 11.8 Å². The fraction of sp³-hybridized carbons (Fsp3) is 0.222. The number of carboxylic acids is 1. The molecule has 68 valence electrons. The molecule has 1 aliphatic heterocycles. The molecule has 3 N–H and O–H groups in total. The molecule has 0 radical (unpaired) electrons. The largest absolute Gasteiger partial charge is 0.477 e. The molecule has 0 saturated heterocycles. The maximum Gasteiger partial charge on any atom is 0.341 e. The van der Waals surface area contributed by atoms with E-state index in [0.717, 1.165) is 5.70 Å². The van der Waals surface area contributed by atoms with E-state index < -0.39 is 5.97 Å². The van der Waals surface area contributed by atoms with E-state index >= 15 is 0 Å². The van der Waals surface area contributed by atoms with Gasteiger partial charge in [-0.1, -0.05) is 18.2 Å². The molecule has 2 unspecified atom stereocenters. The molecule has 2 rings (SSSR count). The number of carboxylic acid groups (broad SMARTS) is 1. The monoisotopic (exact) mass is 195 g/mol. The van der Waals surface area contributed by atoms with Crippen molar-refractivity contribution < 1.29 is 9.90 Å². The van der Waals surface area contributed by atoms with Gasteiger partial charge < -0.3 is 10.8 Å². The minimum Gasteiger partial charge on any atom is -0.477 e. The third kappa shape index (κ3) is 1.37. The highest BCUT2D eigenvalue weighted by Gasteiger charge is 2.32. The van der Waals surface area contributed by atoms with Crippen LogP contribution in [0.25, 0.3) is 0 Å². The summed E-state index contributed by atoms with van der Waals surface area (Å²) in [5, 5.41) is 8.95. The number of carbonyl (C=O) groups is 1. The van der Waals surface area contributed by atoms with Crippen LogP contribution in [0.5, 0.6) is 0 Å². The number of fused-ring (bicyclic) bond motifs is 1. The Bertz CT molecular complexity index is 344. The SMILES string of the molecule is NC1=CC=CC2SC(C(=O)O)=CC12. The molecule has 2 atom stereocenters. The summed E-state index contributed by atoms with van der Waals surface area (Å²) in [4.78, 5) is 11.1. The molecule has 0 aromatic carbocycles. The zero-order valence-corrected chi connectivity index (χ0v) is 7.62. The van der Waals surface area contributed by atoms with Gasteiger partial charge in [-0.3, -0.25) is 0 Å². The van der Waals surface area contributed by atoms with E-state index in [2.05, 4.69) is 0 Å². The van der Waals surface area contributed by atoms with Crippen molar-refractivity contribution >= 4 is 17.7 Å². The van der Waals surface area contributed by atoms with Crippen LogP contribution in [0, 0.1) is 5.92 Å². The van der Waals surface area contributed by atoms with Crippen LogP contribution in [0.4, 0.5) is 0 Å². The molecule has 0 aromatic rings. The lowest BCUT2D eigenvalue weighted by molar-refractivity contribution is -0.131. The second-order valence-corrected chi connectivity index (χ2v) is 4.22. The summed E-state index contributed by atoms with van der Waals surface area (Å²) in [5.74, 6) is -0.790. The van der Waals surface area contributed by atoms with Crippen LogP contribution >= 0.6 is 11.8 Å². The van der Waals surface area contributed by atoms with Crippen LogP contribution in [0.2, 0.25) is 0 Å². The van der Waals surface area contributed by atoms with Gasteiger partial charge >= 0.3 is 5.97 Å². The minimum atomic E-state index is -0.861. The average Bonchev–Trinajstić information content (AvgIpc) is 2.49. The first kappa shape index (κ1) is 8.44. The van der Waals surface area contributed by atoms with Crippen molar-refractivity contribution in [3.63, 3.8) is 0 Å². The first-order valence-corrected chi connectivity index (χ1v) is 4.82. The molecule has 0 aromatic heterocycles. The molecule has 1 heterocycles. The zero-order chi connectivity index (χ0) is 9.42. The lowest BCUT2D eigenvalue weighted by atomic mass is 9.96. The standard InChI is InChI=1S/C9H9NO2S/c10-6-2-1-3-7-5(6)4-8(13-7)9(11)12/h1-5,7H,10H2,(H,11,12). The fourth-order valence-corrected chi connectivity index (χ4v) is 2.64. The third-order valence-electron chi connectivity index (χ3n) is 2.13. The summed E-state index contributed by atoms with van der Waals surface area (Å²) in [6.07, 6.45) is 7.41. The summed E-state index contributed by atoms with van der Waals surface area (Å²) in [6, 6.07) is 0. The van der Waals surface area contributed by atoms with Crippen molar-refractivity contribution in [2.45, 2.75) is 5.25 Å². The van der Waals surface area contributed by atoms with Crippen LogP contribution in [-0.4, -0.2) is 16.3 Å². The molecule has 13 heavy (non-hydrogen) atoms. The Hall–Kier alpha value is -1.16. The molecule has 4 heteroatoms. The molecule has 0 saturated carbocycles. The van der Waals surface area contributed by atoms with Crippen molar-refractivity contribution in [1.29, 1.82) is 0 Å². The molecular formula is C9H9NO2S. The number of thioether (sulfide) groups is 1. The molecule has 3 nitrogen and oxygen atoms in total. The molecule has 2 aliphatic rings. The van der Waals surface area contributed by atoms with Crippen molar-refractivity contribution in [3.8, 4) is 0 Å². The quantitative estimate of drug-likeness (QED) is 0.657. The van der Waals surface area contributed by atoms with Crippen molar-refractivity contribution in [2.24, 2.45) is 11.7 Å². The predicted molar refractivity (Wildman–Crippen MR) is 52.0 cm³/mol. The fourth-order valence-electron chi connectivity index (χ4n) is 1.47. The summed E-state index contributed by atoms with van der Waals surface area (Å²) in [7, 11) is 0. The van der Waals surface area contributed by atoms with Crippen LogP contribution in [-0.2, 0) is 4.79 Å². The Morgan fingerprint density at radius 3 is 3.00 bits per heavy atom. The Labute approximate surface area is 80.0 Å². The summed E-state index contributed by atoms with van der Waals surface area (Å²) in [6.45, 7) is 0. The van der Waals surface area contributed by atoms with E-state index in [1.165, 1.54) is 11.8 Å². The van der Waals surface area contributed by atoms with Gasteiger partial charge in [0.15, 0.2) is 0 Å². The summed E-state index contributed by atoms with van der Waals surface area (Å²) < 4.78 is 0. The number of nitrogens with two attached hydrogens (primary N) is 1. The second-order valence-electron chi connectivity index (χ2n) is 3.00. The normalized spacial score (nSPS) is 30.8. The van der Waals surface area contributed by atoms with Gasteiger partial charge in [-0.25, -0.2) is 4.79 Å². The molecule has 0 amide bonds. The highest BCUT2D eigenvalue weighted by atomic mass is 32.2. The number of hydrogen-bond donors (Lipinski definition) is 2. The second kappa shape index (κ2) is 2.96. The zero-order valence-electron chi connectivity index (χ0n) is 6.81. The number of rotatable bonds is 1. The number of hydrogen-bond acceptors (Lipinski definition) is 3. The van der Waals surface area contributed by atoms with Crippen LogP contribution < -0.4 is 5.73 Å². The van der Waals surface area contributed by atoms with Gasteiger partial charge in [-0.2, -0.15) is 0 Å². The van der Waals surface area contributed by atoms with Gasteiger partial charge in [-0.05, 0) is 6.08 Å². The van der Waals surface area contributed by atoms with E-state index in [0.29, 0.717) is 4.91 Å². The molecular weight excluding hydrogens is 186 g/mol. The predicted octanol–water partition coefficient (Wildman–Crippen LogP) is 1.10. The maximum absolute atomic E-state index is 10.7. The molecule has 0 fully saturated rings. The summed E-state index contributed by atoms with van der Waals surface area (Å²) in [5.41, 5.74) is 6.49. The Kier molecular flexibility index (Phi) is 1.92. The van der Waals surface area contributed by atoms with Crippen LogP contribution in [0.3, 0.4) is 0 Å². The molecule has 1 aliphatic carbocycles. The minimum absolute atomic E-state index is 0.0705. The van der Waals surface area contributed by atoms with Crippen LogP contribution in [0.1, 0.15) is 0 Å². The third-order valence-corrected chi connectivity index (χ3v) is 3.42. The molecule has 0 bridgehead atoms. The first-order valence-electron chi connectivity index (χ1n) is 3.94. The van der Waals surface area contributed by atoms with E-state index in [4.69, 9.17) is 10.8 Å². The topological polar surface area (TPSA) is 63.3 Å². The maximum atomic E-state index is 10.7. The first-order chi connectivity index (χ1) is 6.18. The van der Waals surface area contributed by atoms with E-state index in [-0.39, 0.29) is 11.2 Å². The van der Waals surface area contributed by atoms with E-state index in [9.17, 15) is 4.79 Å². The van der Waals surface area contributed by atoms with Crippen molar-refractivity contribution in [2.75, 3.05) is 0 Å². The van der Waals surface area contributed by atoms with Crippen molar-refractivity contribution in [1.82, 2.24) is 0 Å². The smallest absolute Gasteiger partial charge is 0.341 e. The van der Waals surface area contributed by atoms with Crippen LogP contribution in [0.15, 0.2) is 34.9 Å². The van der Waals surface area contributed by atoms with Gasteiger partial charge in [0.1, 0.15) is 0 Å². The number of aliphatic carboxylic acids is 1. The van der Waals surface area contributed by atoms with Gasteiger partial charge in [0.25, 0.3) is 0 Å². The van der Waals surface area contributed by atoms with Gasteiger partial charge in [0.2, 0.25) is 0 Å². The Balaban J connectivity index is 2.27. The lowest BCUT2D eigenvalue weighted by Crippen LogP contribution is -2.19. The summed E-state index contributed by atoms with van der Waals surface area (Å²) >= 11 is 1.36. The van der Waals surface area contributed by atoms with E-state index in [1.807, 2.05) is 18.2 Å². The van der Waals surface area contributed by atoms with E-state index in [1.54, 1.807) is 6.08 Å². The molecule has 0 spiro atoms. The van der Waals surface area contributed by atoms with Gasteiger partial charge in [0.05, 0.1) is 4.91 Å². The Morgan fingerprint density at radius 2 is 2.38 bits per heavy atom. The lowest BCUT2D eigenvalue weighted by Gasteiger charge is -2.17. The highest BCUT2D eigenvalue weighted by molar-refractivity contribution is 8.05. The average molecular weight is 195 g/mol. The van der Waals surface area contributed by atoms with Gasteiger partial charge in [0, 0.05) is 16.9 Å². The Morgan fingerprint density at radius 1 is 1.62 bits per heavy atom. The van der Waals surface area contributed by atoms with Crippen molar-refractivity contribution in [3.05, 3.63) is 34.9 Å². The number of allylic oxidation sites excluding steroid dienone is 3. The highest BCUT2D eigenvalue weighted by Crippen LogP contribution is 2.41.